The van der Waals surface area contributed by atoms with Crippen LogP contribution in [0, 0.1) is 0 Å². The van der Waals surface area contributed by atoms with Crippen LogP contribution in [0.15, 0.2) is 18.2 Å². The van der Waals surface area contributed by atoms with E-state index in [1.54, 1.807) is 18.2 Å². The molecule has 1 rings (SSSR count). The van der Waals surface area contributed by atoms with E-state index >= 15 is 0 Å². The first kappa shape index (κ1) is 11.8. The van der Waals surface area contributed by atoms with Crippen LogP contribution in [0.25, 0.3) is 0 Å². The van der Waals surface area contributed by atoms with Crippen molar-refractivity contribution >= 4 is 15.9 Å². The fraction of sp³-hybridized carbons (Fsp3) is 0.333. The third kappa shape index (κ3) is 3.75. The van der Waals surface area contributed by atoms with Crippen LogP contribution >= 0.6 is 0 Å². The number of nitrogens with two attached hydrogens (primary N) is 1. The number of hydrogen-bond donors (Lipinski definition) is 1. The van der Waals surface area contributed by atoms with Crippen LogP contribution in [0.5, 0.6) is 5.75 Å². The molecule has 0 spiro atoms. The molecule has 0 amide bonds. The number of ether oxygens (including phenoxy) is 1. The number of rotatable bonds is 4. The van der Waals surface area contributed by atoms with Crippen LogP contribution in [-0.4, -0.2) is 21.3 Å². The molecule has 0 saturated carbocycles. The van der Waals surface area contributed by atoms with Gasteiger partial charge in [0.15, 0.2) is 0 Å². The van der Waals surface area contributed by atoms with Crippen LogP contribution < -0.4 is 10.5 Å². The first-order valence-electron chi connectivity index (χ1n) is 4.27. The number of nitrogen functional groups attached to an aromatic ring is 1. The van der Waals surface area contributed by atoms with Gasteiger partial charge in [0.2, 0.25) is 0 Å². The van der Waals surface area contributed by atoms with E-state index in [0.717, 1.165) is 0 Å². The van der Waals surface area contributed by atoms with Crippen LogP contribution in [0.4, 0.5) is 9.57 Å². The summed E-state index contributed by atoms with van der Waals surface area (Å²) in [5, 5.41) is 0. The Morgan fingerprint density at radius 3 is 2.67 bits per heavy atom. The Kier molecular flexibility index (Phi) is 3.52. The zero-order chi connectivity index (χ0) is 11.5. The first-order valence-corrected chi connectivity index (χ1v) is 5.82. The topological polar surface area (TPSA) is 69.4 Å². The SMILES string of the molecule is COc1cc(CCS(=O)(=O)F)ccc1N. The van der Waals surface area contributed by atoms with E-state index in [4.69, 9.17) is 10.5 Å². The van der Waals surface area contributed by atoms with Crippen molar-refractivity contribution in [2.75, 3.05) is 18.6 Å². The Labute approximate surface area is 88.1 Å². The normalized spacial score (nSPS) is 11.3. The lowest BCUT2D eigenvalue weighted by molar-refractivity contribution is 0.416. The highest BCUT2D eigenvalue weighted by Crippen LogP contribution is 2.22. The molecule has 15 heavy (non-hydrogen) atoms. The molecule has 0 aliphatic heterocycles. The minimum absolute atomic E-state index is 0.107. The van der Waals surface area contributed by atoms with E-state index in [-0.39, 0.29) is 6.42 Å². The summed E-state index contributed by atoms with van der Waals surface area (Å²) in [7, 11) is -2.96. The number of hydrogen-bond acceptors (Lipinski definition) is 4. The minimum atomic E-state index is -4.42. The summed E-state index contributed by atoms with van der Waals surface area (Å²) in [6, 6.07) is 4.84. The van der Waals surface area contributed by atoms with Gasteiger partial charge in [-0.25, -0.2) is 0 Å². The molecule has 0 heterocycles. The van der Waals surface area contributed by atoms with Gasteiger partial charge in [-0.2, -0.15) is 8.42 Å². The predicted molar refractivity (Wildman–Crippen MR) is 56.0 cm³/mol. The van der Waals surface area contributed by atoms with Gasteiger partial charge in [0, 0.05) is 0 Å². The van der Waals surface area contributed by atoms with Gasteiger partial charge < -0.3 is 10.5 Å². The molecule has 0 aliphatic carbocycles. The average Bonchev–Trinajstić information content (AvgIpc) is 2.15. The van der Waals surface area contributed by atoms with Crippen LogP contribution in [0.3, 0.4) is 0 Å². The third-order valence-corrected chi connectivity index (χ3v) is 2.62. The summed E-state index contributed by atoms with van der Waals surface area (Å²) < 4.78 is 37.8. The van der Waals surface area contributed by atoms with Crippen molar-refractivity contribution in [3.63, 3.8) is 0 Å². The number of aryl methyl sites for hydroxylation is 1. The molecular weight excluding hydrogens is 221 g/mol. The molecule has 0 fully saturated rings. The van der Waals surface area contributed by atoms with E-state index in [1.165, 1.54) is 7.11 Å². The molecule has 84 valence electrons. The van der Waals surface area contributed by atoms with Crippen molar-refractivity contribution in [3.05, 3.63) is 23.8 Å². The van der Waals surface area contributed by atoms with Crippen molar-refractivity contribution in [1.82, 2.24) is 0 Å². The minimum Gasteiger partial charge on any atom is -0.495 e. The monoisotopic (exact) mass is 233 g/mol. The van der Waals surface area contributed by atoms with Crippen LogP contribution in [0.2, 0.25) is 0 Å². The van der Waals surface area contributed by atoms with E-state index in [1.807, 2.05) is 0 Å². The lowest BCUT2D eigenvalue weighted by atomic mass is 10.1. The van der Waals surface area contributed by atoms with E-state index < -0.39 is 16.0 Å². The van der Waals surface area contributed by atoms with Gasteiger partial charge in [-0.15, -0.1) is 3.89 Å². The Morgan fingerprint density at radius 2 is 2.13 bits per heavy atom. The fourth-order valence-corrected chi connectivity index (χ4v) is 1.63. The molecule has 0 aromatic heterocycles. The van der Waals surface area contributed by atoms with Gasteiger partial charge in [0.1, 0.15) is 5.75 Å². The summed E-state index contributed by atoms with van der Waals surface area (Å²) in [5.41, 5.74) is 6.70. The Balaban J connectivity index is 2.79. The van der Waals surface area contributed by atoms with E-state index in [2.05, 4.69) is 0 Å². The summed E-state index contributed by atoms with van der Waals surface area (Å²) in [6.45, 7) is 0. The van der Waals surface area contributed by atoms with Crippen LogP contribution in [0.1, 0.15) is 5.56 Å². The Morgan fingerprint density at radius 1 is 1.47 bits per heavy atom. The number of anilines is 1. The summed E-state index contributed by atoms with van der Waals surface area (Å²) in [6.07, 6.45) is 0.107. The summed E-state index contributed by atoms with van der Waals surface area (Å²) in [5.74, 6) is -0.0659. The maximum atomic E-state index is 12.3. The second-order valence-corrected chi connectivity index (χ2v) is 4.56. The maximum Gasteiger partial charge on any atom is 0.302 e. The van der Waals surface area contributed by atoms with Gasteiger partial charge in [0.25, 0.3) is 0 Å². The molecule has 1 aromatic carbocycles. The molecule has 0 radical (unpaired) electrons. The fourth-order valence-electron chi connectivity index (χ4n) is 1.15. The molecule has 1 aromatic rings. The van der Waals surface area contributed by atoms with Crippen molar-refractivity contribution in [2.24, 2.45) is 0 Å². The number of benzene rings is 1. The van der Waals surface area contributed by atoms with Gasteiger partial charge in [-0.1, -0.05) is 6.07 Å². The average molecular weight is 233 g/mol. The molecule has 0 unspecified atom stereocenters. The van der Waals surface area contributed by atoms with Crippen molar-refractivity contribution in [2.45, 2.75) is 6.42 Å². The highest BCUT2D eigenvalue weighted by molar-refractivity contribution is 7.86. The molecule has 0 aliphatic rings. The summed E-state index contributed by atoms with van der Waals surface area (Å²) in [4.78, 5) is 0. The van der Waals surface area contributed by atoms with Gasteiger partial charge in [-0.3, -0.25) is 0 Å². The smallest absolute Gasteiger partial charge is 0.302 e. The number of methoxy groups -OCH3 is 1. The highest BCUT2D eigenvalue weighted by atomic mass is 32.3. The Hall–Kier alpha value is -1.30. The zero-order valence-electron chi connectivity index (χ0n) is 8.23. The summed E-state index contributed by atoms with van der Waals surface area (Å²) >= 11 is 0. The number of halogens is 1. The van der Waals surface area contributed by atoms with E-state index in [0.29, 0.717) is 17.0 Å². The van der Waals surface area contributed by atoms with Crippen molar-refractivity contribution in [1.29, 1.82) is 0 Å². The van der Waals surface area contributed by atoms with Crippen molar-refractivity contribution in [3.8, 4) is 5.75 Å². The molecule has 6 heteroatoms. The standard InChI is InChI=1S/C9H12FNO3S/c1-14-9-6-7(2-3-8(9)11)4-5-15(10,12)13/h2-3,6H,4-5,11H2,1H3. The Bertz CT molecular complexity index is 445. The second kappa shape index (κ2) is 4.48. The van der Waals surface area contributed by atoms with E-state index in [9.17, 15) is 12.3 Å². The van der Waals surface area contributed by atoms with Crippen LogP contribution in [-0.2, 0) is 16.6 Å². The van der Waals surface area contributed by atoms with Crippen molar-refractivity contribution < 1.29 is 17.0 Å². The lowest BCUT2D eigenvalue weighted by Gasteiger charge is -2.06. The first-order chi connectivity index (χ1) is 6.92. The third-order valence-electron chi connectivity index (χ3n) is 1.93. The second-order valence-electron chi connectivity index (χ2n) is 3.07. The molecular formula is C9H12FNO3S. The molecule has 0 atom stereocenters. The van der Waals surface area contributed by atoms with Gasteiger partial charge >= 0.3 is 10.2 Å². The molecule has 4 nitrogen and oxygen atoms in total. The van der Waals surface area contributed by atoms with Gasteiger partial charge in [-0.05, 0) is 24.1 Å². The molecule has 2 N–H and O–H groups in total. The maximum absolute atomic E-state index is 12.3. The predicted octanol–water partition coefficient (Wildman–Crippen LogP) is 1.12. The lowest BCUT2D eigenvalue weighted by Crippen LogP contribution is -2.02. The molecule has 0 saturated heterocycles. The van der Waals surface area contributed by atoms with Gasteiger partial charge in [0.05, 0.1) is 18.6 Å². The molecule has 0 bridgehead atoms. The zero-order valence-corrected chi connectivity index (χ0v) is 9.05. The highest BCUT2D eigenvalue weighted by Gasteiger charge is 2.08. The quantitative estimate of drug-likeness (QED) is 0.625. The largest absolute Gasteiger partial charge is 0.495 e.